The number of hydrogen-bond donors (Lipinski definition) is 1. The minimum absolute atomic E-state index is 0.0940. The lowest BCUT2D eigenvalue weighted by Gasteiger charge is -2.33. The van der Waals surface area contributed by atoms with E-state index < -0.39 is 11.9 Å². The van der Waals surface area contributed by atoms with Gasteiger partial charge in [0.25, 0.3) is 0 Å². The third kappa shape index (κ3) is 1.78. The van der Waals surface area contributed by atoms with Gasteiger partial charge in [-0.25, -0.2) is 4.79 Å². The van der Waals surface area contributed by atoms with Crippen LogP contribution in [-0.4, -0.2) is 28.8 Å². The number of amides is 1. The van der Waals surface area contributed by atoms with Crippen LogP contribution in [0.4, 0.5) is 5.69 Å². The molecular weight excluding hydrogens is 226 g/mol. The van der Waals surface area contributed by atoms with Crippen molar-refractivity contribution < 1.29 is 14.7 Å². The van der Waals surface area contributed by atoms with Crippen LogP contribution >= 0.6 is 11.8 Å². The molecule has 0 saturated heterocycles. The Morgan fingerprint density at radius 2 is 2.12 bits per heavy atom. The normalized spacial score (nSPS) is 19.1. The Labute approximate surface area is 97.3 Å². The van der Waals surface area contributed by atoms with Gasteiger partial charge in [-0.2, -0.15) is 0 Å². The Bertz CT molecular complexity index is 447. The topological polar surface area (TPSA) is 57.6 Å². The highest BCUT2D eigenvalue weighted by Crippen LogP contribution is 2.37. The molecule has 0 spiro atoms. The van der Waals surface area contributed by atoms with Gasteiger partial charge in [0.05, 0.1) is 5.69 Å². The van der Waals surface area contributed by atoms with Gasteiger partial charge in [0.2, 0.25) is 0 Å². The quantitative estimate of drug-likeness (QED) is 0.696. The van der Waals surface area contributed by atoms with E-state index in [1.165, 1.54) is 4.90 Å². The number of benzene rings is 1. The van der Waals surface area contributed by atoms with E-state index >= 15 is 0 Å². The summed E-state index contributed by atoms with van der Waals surface area (Å²) in [6.07, 6.45) is 0. The zero-order valence-corrected chi connectivity index (χ0v) is 9.53. The molecule has 1 heterocycles. The highest BCUT2D eigenvalue weighted by Gasteiger charge is 2.31. The standard InChI is InChI=1S/C11H11NO3S/c1-7-6-16-9-5-3-2-4-8(9)12(7)10(13)11(14)15/h2-5,7H,6H2,1H3,(H,14,15). The lowest BCUT2D eigenvalue weighted by molar-refractivity contribution is -0.149. The second-order valence-electron chi connectivity index (χ2n) is 3.61. The maximum Gasteiger partial charge on any atom is 0.394 e. The van der Waals surface area contributed by atoms with Crippen LogP contribution in [0.5, 0.6) is 0 Å². The summed E-state index contributed by atoms with van der Waals surface area (Å²) in [5.41, 5.74) is 0.693. The second-order valence-corrected chi connectivity index (χ2v) is 4.67. The van der Waals surface area contributed by atoms with Gasteiger partial charge >= 0.3 is 11.9 Å². The second kappa shape index (κ2) is 4.17. The molecule has 1 N–H and O–H groups in total. The summed E-state index contributed by atoms with van der Waals surface area (Å²) in [7, 11) is 0. The molecule has 84 valence electrons. The van der Waals surface area contributed by atoms with Crippen molar-refractivity contribution in [1.82, 2.24) is 0 Å². The zero-order chi connectivity index (χ0) is 11.7. The number of para-hydroxylation sites is 1. The zero-order valence-electron chi connectivity index (χ0n) is 8.71. The molecule has 1 unspecified atom stereocenters. The van der Waals surface area contributed by atoms with E-state index in [4.69, 9.17) is 5.11 Å². The highest BCUT2D eigenvalue weighted by molar-refractivity contribution is 7.99. The van der Waals surface area contributed by atoms with Gasteiger partial charge < -0.3 is 5.11 Å². The van der Waals surface area contributed by atoms with Crippen LogP contribution in [0.15, 0.2) is 29.2 Å². The summed E-state index contributed by atoms with van der Waals surface area (Å²) < 4.78 is 0. The van der Waals surface area contributed by atoms with Crippen LogP contribution in [0.3, 0.4) is 0 Å². The number of anilines is 1. The highest BCUT2D eigenvalue weighted by atomic mass is 32.2. The van der Waals surface area contributed by atoms with Crippen molar-refractivity contribution >= 4 is 29.3 Å². The monoisotopic (exact) mass is 237 g/mol. The van der Waals surface area contributed by atoms with Crippen molar-refractivity contribution in [1.29, 1.82) is 0 Å². The largest absolute Gasteiger partial charge is 0.474 e. The molecule has 0 aromatic heterocycles. The third-order valence-electron chi connectivity index (χ3n) is 2.45. The minimum atomic E-state index is -1.41. The van der Waals surface area contributed by atoms with E-state index in [0.29, 0.717) is 5.69 Å². The van der Waals surface area contributed by atoms with Gasteiger partial charge in [-0.05, 0) is 19.1 Å². The molecule has 1 aromatic rings. The van der Waals surface area contributed by atoms with Crippen molar-refractivity contribution in [2.24, 2.45) is 0 Å². The predicted octanol–water partition coefficient (Wildman–Crippen LogP) is 1.60. The van der Waals surface area contributed by atoms with Crippen molar-refractivity contribution in [3.05, 3.63) is 24.3 Å². The summed E-state index contributed by atoms with van der Waals surface area (Å²) in [4.78, 5) is 24.7. The molecule has 1 amide bonds. The molecule has 1 aliphatic heterocycles. The van der Waals surface area contributed by atoms with Crippen LogP contribution in [0.1, 0.15) is 6.92 Å². The third-order valence-corrected chi connectivity index (χ3v) is 3.75. The molecule has 5 heteroatoms. The van der Waals surface area contributed by atoms with Crippen molar-refractivity contribution in [3.8, 4) is 0 Å². The molecular formula is C11H11NO3S. The number of carbonyl (C=O) groups excluding carboxylic acids is 1. The molecule has 16 heavy (non-hydrogen) atoms. The van der Waals surface area contributed by atoms with E-state index in [2.05, 4.69) is 0 Å². The van der Waals surface area contributed by atoms with Gasteiger partial charge in [0, 0.05) is 16.7 Å². The van der Waals surface area contributed by atoms with Gasteiger partial charge in [-0.3, -0.25) is 9.69 Å². The summed E-state index contributed by atoms with van der Waals surface area (Å²) >= 11 is 1.64. The van der Waals surface area contributed by atoms with Crippen LogP contribution in [-0.2, 0) is 9.59 Å². The van der Waals surface area contributed by atoms with E-state index in [9.17, 15) is 9.59 Å². The van der Waals surface area contributed by atoms with Crippen LogP contribution in [0, 0.1) is 0 Å². The van der Waals surface area contributed by atoms with Crippen LogP contribution in [0.2, 0.25) is 0 Å². The average Bonchev–Trinajstić information content (AvgIpc) is 2.28. The molecule has 0 aliphatic carbocycles. The first-order valence-corrected chi connectivity index (χ1v) is 5.88. The van der Waals surface area contributed by atoms with Gasteiger partial charge in [-0.15, -0.1) is 11.8 Å². The predicted molar refractivity (Wildman–Crippen MR) is 61.7 cm³/mol. The number of hydrogen-bond acceptors (Lipinski definition) is 3. The smallest absolute Gasteiger partial charge is 0.394 e. The Morgan fingerprint density at radius 3 is 2.81 bits per heavy atom. The fourth-order valence-electron chi connectivity index (χ4n) is 1.71. The van der Waals surface area contributed by atoms with E-state index in [-0.39, 0.29) is 6.04 Å². The maximum atomic E-state index is 11.6. The minimum Gasteiger partial charge on any atom is -0.474 e. The number of thioether (sulfide) groups is 1. The Hall–Kier alpha value is -1.49. The number of carboxylic acids is 1. The lowest BCUT2D eigenvalue weighted by atomic mass is 10.2. The van der Waals surface area contributed by atoms with Crippen molar-refractivity contribution in [2.75, 3.05) is 10.7 Å². The van der Waals surface area contributed by atoms with Crippen LogP contribution < -0.4 is 4.90 Å². The SMILES string of the molecule is CC1CSc2ccccc2N1C(=O)C(=O)O. The average molecular weight is 237 g/mol. The summed E-state index contributed by atoms with van der Waals surface area (Å²) in [6, 6.07) is 7.26. The lowest BCUT2D eigenvalue weighted by Crippen LogP contribution is -2.45. The molecule has 2 rings (SSSR count). The Morgan fingerprint density at radius 1 is 1.44 bits per heavy atom. The molecule has 0 bridgehead atoms. The van der Waals surface area contributed by atoms with Gasteiger partial charge in [-0.1, -0.05) is 12.1 Å². The molecule has 0 saturated carbocycles. The maximum absolute atomic E-state index is 11.6. The number of carbonyl (C=O) groups is 2. The Kier molecular flexibility index (Phi) is 2.87. The molecule has 4 nitrogen and oxygen atoms in total. The molecule has 0 radical (unpaired) electrons. The number of nitrogens with zero attached hydrogens (tertiary/aromatic N) is 1. The number of aliphatic carboxylic acids is 1. The van der Waals surface area contributed by atoms with E-state index in [1.54, 1.807) is 23.9 Å². The first-order valence-electron chi connectivity index (χ1n) is 4.89. The summed E-state index contributed by atoms with van der Waals surface area (Å²) in [5.74, 6) is -1.55. The van der Waals surface area contributed by atoms with Gasteiger partial charge in [0.15, 0.2) is 0 Å². The summed E-state index contributed by atoms with van der Waals surface area (Å²) in [5, 5.41) is 8.78. The first-order chi connectivity index (χ1) is 7.61. The molecule has 1 aromatic carbocycles. The molecule has 1 aliphatic rings. The van der Waals surface area contributed by atoms with Crippen LogP contribution in [0.25, 0.3) is 0 Å². The van der Waals surface area contributed by atoms with E-state index in [0.717, 1.165) is 10.6 Å². The Balaban J connectivity index is 2.44. The molecule has 0 fully saturated rings. The van der Waals surface area contributed by atoms with Gasteiger partial charge in [0.1, 0.15) is 0 Å². The van der Waals surface area contributed by atoms with Crippen molar-refractivity contribution in [3.63, 3.8) is 0 Å². The van der Waals surface area contributed by atoms with E-state index in [1.807, 2.05) is 19.1 Å². The fourth-order valence-corrected chi connectivity index (χ4v) is 2.77. The summed E-state index contributed by atoms with van der Waals surface area (Å²) in [6.45, 7) is 1.85. The fraction of sp³-hybridized carbons (Fsp3) is 0.273. The number of carboxylic acid groups (broad SMARTS) is 1. The number of fused-ring (bicyclic) bond motifs is 1. The molecule has 1 atom stereocenters. The first kappa shape index (κ1) is 11.0. The number of rotatable bonds is 0. The van der Waals surface area contributed by atoms with Crippen molar-refractivity contribution in [2.45, 2.75) is 17.9 Å².